The first-order valence-corrected chi connectivity index (χ1v) is 1.82. The van der Waals surface area contributed by atoms with Crippen LogP contribution in [-0.4, -0.2) is 83.9 Å². The summed E-state index contributed by atoms with van der Waals surface area (Å²) in [5.74, 6) is -1.12. The van der Waals surface area contributed by atoms with Crippen molar-refractivity contribution in [3.8, 4) is 0 Å². The second-order valence-electron chi connectivity index (χ2n) is 1.09. The van der Waals surface area contributed by atoms with Crippen molar-refractivity contribution in [3.63, 3.8) is 0 Å². The van der Waals surface area contributed by atoms with Crippen LogP contribution < -0.4 is 0 Å². The SMILES string of the molecule is CC(=O)OC(C)=O.[BaH2].[MgH2]. The van der Waals surface area contributed by atoms with E-state index in [4.69, 9.17) is 0 Å². The standard InChI is InChI=1S/C4H6O3.Ba.Mg.4H/c1-3(5)7-4(2)6;;;;;;/h1-2H3;;;;;;. The molecule has 3 nitrogen and oxygen atoms in total. The van der Waals surface area contributed by atoms with Crippen LogP contribution in [0.5, 0.6) is 0 Å². The second kappa shape index (κ2) is 9.48. The summed E-state index contributed by atoms with van der Waals surface area (Å²) in [6.07, 6.45) is 0. The summed E-state index contributed by atoms with van der Waals surface area (Å²) in [5, 5.41) is 0. The summed E-state index contributed by atoms with van der Waals surface area (Å²) >= 11 is 0. The van der Waals surface area contributed by atoms with Gasteiger partial charge in [-0.3, -0.25) is 9.59 Å². The first kappa shape index (κ1) is 16.8. The van der Waals surface area contributed by atoms with Gasteiger partial charge in [0.05, 0.1) is 0 Å². The molecule has 0 aromatic carbocycles. The normalized spacial score (nSPS) is 6.00. The van der Waals surface area contributed by atoms with Gasteiger partial charge in [0, 0.05) is 13.8 Å². The van der Waals surface area contributed by atoms with E-state index in [9.17, 15) is 9.59 Å². The van der Waals surface area contributed by atoms with Crippen LogP contribution in [0.25, 0.3) is 0 Å². The van der Waals surface area contributed by atoms with E-state index >= 15 is 0 Å². The Morgan fingerprint density at radius 1 is 1.11 bits per heavy atom. The Morgan fingerprint density at radius 2 is 1.33 bits per heavy atom. The molecule has 0 atom stereocenters. The third kappa shape index (κ3) is 17.7. The van der Waals surface area contributed by atoms with Crippen LogP contribution in [0.1, 0.15) is 13.8 Å². The largest absolute Gasteiger partial charge is 0.316 e. The maximum Gasteiger partial charge on any atom is 0.316 e. The molecule has 0 aliphatic rings. The molecule has 0 saturated carbocycles. The molecule has 0 unspecified atom stereocenters. The van der Waals surface area contributed by atoms with Gasteiger partial charge >= 0.3 is 83.9 Å². The molecule has 9 heavy (non-hydrogen) atoms. The summed E-state index contributed by atoms with van der Waals surface area (Å²) in [7, 11) is 0. The summed E-state index contributed by atoms with van der Waals surface area (Å²) in [6.45, 7) is 2.36. The molecule has 0 amide bonds. The minimum atomic E-state index is -0.562. The number of esters is 2. The quantitative estimate of drug-likeness (QED) is 0.297. The van der Waals surface area contributed by atoms with Gasteiger partial charge in [0.2, 0.25) is 0 Å². The topological polar surface area (TPSA) is 43.4 Å². The molecule has 0 aromatic rings. The van der Waals surface area contributed by atoms with Crippen LogP contribution >= 0.6 is 0 Å². The molecule has 0 fully saturated rings. The van der Waals surface area contributed by atoms with Gasteiger partial charge in [0.1, 0.15) is 0 Å². The van der Waals surface area contributed by atoms with Gasteiger partial charge in [-0.05, 0) is 0 Å². The summed E-state index contributed by atoms with van der Waals surface area (Å²) in [4.78, 5) is 19.6. The molecule has 0 radical (unpaired) electrons. The number of rotatable bonds is 0. The summed E-state index contributed by atoms with van der Waals surface area (Å²) < 4.78 is 3.97. The van der Waals surface area contributed by atoms with E-state index in [0.717, 1.165) is 0 Å². The molecule has 0 rings (SSSR count). The fourth-order valence-electron chi connectivity index (χ4n) is 0.202. The minimum Gasteiger partial charge on any atom is 0.316 e. The van der Waals surface area contributed by atoms with Crippen LogP contribution in [-0.2, 0) is 14.3 Å². The van der Waals surface area contributed by atoms with Crippen molar-refractivity contribution in [3.05, 3.63) is 0 Å². The zero-order valence-electron chi connectivity index (χ0n) is 4.22. The summed E-state index contributed by atoms with van der Waals surface area (Å²) in [5.41, 5.74) is 0. The Labute approximate surface area is 110 Å². The van der Waals surface area contributed by atoms with Crippen LogP contribution in [0.15, 0.2) is 0 Å². The average Bonchev–Trinajstić information content (AvgIpc) is 1.27. The van der Waals surface area contributed by atoms with Crippen LogP contribution in [0.4, 0.5) is 0 Å². The Hall–Kier alpha value is 1.48. The number of hydrogen-bond acceptors (Lipinski definition) is 3. The molecule has 5 heteroatoms. The Kier molecular flexibility index (Phi) is 17.7. The molecule has 0 aliphatic carbocycles. The smallest absolute Gasteiger partial charge is 0.316 e. The van der Waals surface area contributed by atoms with Gasteiger partial charge < -0.3 is 4.74 Å². The molecule has 48 valence electrons. The van der Waals surface area contributed by atoms with E-state index in [1.165, 1.54) is 13.8 Å². The molecular weight excluding hydrogens is 258 g/mol. The third-order valence-electron chi connectivity index (χ3n) is 0.287. The molecule has 0 aliphatic heterocycles. The molecular formula is C4H10BaMgO3. The predicted octanol–water partition coefficient (Wildman–Crippen LogP) is -1.74. The number of carbonyl (C=O) groups excluding carboxylic acids is 2. The van der Waals surface area contributed by atoms with Gasteiger partial charge in [-0.25, -0.2) is 0 Å². The van der Waals surface area contributed by atoms with E-state index in [1.54, 1.807) is 0 Å². The van der Waals surface area contributed by atoms with E-state index in [-0.39, 0.29) is 71.9 Å². The van der Waals surface area contributed by atoms with Gasteiger partial charge in [0.15, 0.2) is 0 Å². The zero-order valence-corrected chi connectivity index (χ0v) is 4.22. The monoisotopic (exact) mass is 268 g/mol. The van der Waals surface area contributed by atoms with E-state index in [1.807, 2.05) is 0 Å². The molecule has 0 spiro atoms. The Bertz CT molecular complexity index is 92.0. The number of carbonyl (C=O) groups is 2. The maximum atomic E-state index is 9.81. The zero-order chi connectivity index (χ0) is 5.86. The Balaban J connectivity index is -0.000000180. The van der Waals surface area contributed by atoms with Crippen molar-refractivity contribution >= 4 is 83.9 Å². The van der Waals surface area contributed by atoms with E-state index in [0.29, 0.717) is 0 Å². The summed E-state index contributed by atoms with van der Waals surface area (Å²) in [6, 6.07) is 0. The van der Waals surface area contributed by atoms with Gasteiger partial charge in [-0.2, -0.15) is 0 Å². The van der Waals surface area contributed by atoms with Crippen LogP contribution in [0.3, 0.4) is 0 Å². The van der Waals surface area contributed by atoms with Gasteiger partial charge in [-0.1, -0.05) is 0 Å². The van der Waals surface area contributed by atoms with Crippen molar-refractivity contribution < 1.29 is 14.3 Å². The fourth-order valence-corrected chi connectivity index (χ4v) is 0.202. The number of ether oxygens (including phenoxy) is 1. The van der Waals surface area contributed by atoms with Gasteiger partial charge in [0.25, 0.3) is 0 Å². The van der Waals surface area contributed by atoms with Crippen LogP contribution in [0, 0.1) is 0 Å². The molecule has 0 heterocycles. The van der Waals surface area contributed by atoms with Gasteiger partial charge in [-0.15, -0.1) is 0 Å². The second-order valence-corrected chi connectivity index (χ2v) is 1.09. The predicted molar refractivity (Wildman–Crippen MR) is 39.5 cm³/mol. The molecule has 0 bridgehead atoms. The maximum absolute atomic E-state index is 9.81. The van der Waals surface area contributed by atoms with Crippen LogP contribution in [0.2, 0.25) is 0 Å². The Morgan fingerprint density at radius 3 is 1.33 bits per heavy atom. The van der Waals surface area contributed by atoms with Crippen molar-refractivity contribution in [2.75, 3.05) is 0 Å². The van der Waals surface area contributed by atoms with Crippen molar-refractivity contribution in [2.45, 2.75) is 13.8 Å². The first-order valence-electron chi connectivity index (χ1n) is 1.82. The minimum absolute atomic E-state index is 0. The van der Waals surface area contributed by atoms with Crippen molar-refractivity contribution in [1.29, 1.82) is 0 Å². The van der Waals surface area contributed by atoms with Crippen molar-refractivity contribution in [2.24, 2.45) is 0 Å². The third-order valence-corrected chi connectivity index (χ3v) is 0.287. The average molecular weight is 268 g/mol. The fraction of sp³-hybridized carbons (Fsp3) is 0.500. The van der Waals surface area contributed by atoms with E-state index in [2.05, 4.69) is 4.74 Å². The first-order chi connectivity index (χ1) is 3.13. The molecule has 0 N–H and O–H groups in total. The molecule has 0 aromatic heterocycles. The molecule has 0 saturated heterocycles. The number of hydrogen-bond donors (Lipinski definition) is 0. The van der Waals surface area contributed by atoms with E-state index < -0.39 is 11.9 Å². The van der Waals surface area contributed by atoms with Crippen molar-refractivity contribution in [1.82, 2.24) is 0 Å².